The van der Waals surface area contributed by atoms with E-state index < -0.39 is 6.55 Å². The van der Waals surface area contributed by atoms with Crippen LogP contribution >= 0.6 is 0 Å². The van der Waals surface area contributed by atoms with Gasteiger partial charge in [-0.25, -0.2) is 9.07 Å². The Hall–Kier alpha value is -3.88. The van der Waals surface area contributed by atoms with Gasteiger partial charge in [0, 0.05) is 40.8 Å². The number of hydrogen-bond acceptors (Lipinski definition) is 4. The standard InChI is InChI=1S/C24H20F3N5O/c1-13-22(15(3)33-30-13)17-8-21-23(28-9-17)20(18-10-29-32(11-18)24(26)27)12-31(21)14(2)16-4-6-19(25)7-5-16/h4-12,14,24H,1-3H3/t14-/m1/s1. The lowest BCUT2D eigenvalue weighted by molar-refractivity contribution is 0.0566. The molecule has 0 aliphatic rings. The molecule has 9 heteroatoms. The van der Waals surface area contributed by atoms with E-state index in [2.05, 4.69) is 15.2 Å². The van der Waals surface area contributed by atoms with E-state index in [1.807, 2.05) is 37.6 Å². The van der Waals surface area contributed by atoms with Crippen molar-refractivity contribution in [2.24, 2.45) is 0 Å². The fourth-order valence-electron chi connectivity index (χ4n) is 4.18. The van der Waals surface area contributed by atoms with E-state index >= 15 is 0 Å². The van der Waals surface area contributed by atoms with Crippen molar-refractivity contribution in [2.45, 2.75) is 33.4 Å². The Kier molecular flexibility index (Phi) is 5.03. The average Bonchev–Trinajstić information content (AvgIpc) is 3.50. The number of pyridine rings is 1. The third-order valence-corrected chi connectivity index (χ3v) is 5.87. The first-order valence-corrected chi connectivity index (χ1v) is 10.4. The second kappa shape index (κ2) is 7.91. The molecular formula is C24H20F3N5O. The van der Waals surface area contributed by atoms with E-state index in [1.54, 1.807) is 18.3 Å². The van der Waals surface area contributed by atoms with Gasteiger partial charge in [0.05, 0.1) is 29.0 Å². The highest BCUT2D eigenvalue weighted by Crippen LogP contribution is 2.36. The first-order chi connectivity index (χ1) is 15.8. The van der Waals surface area contributed by atoms with Crippen LogP contribution in [0.3, 0.4) is 0 Å². The molecular weight excluding hydrogens is 431 g/mol. The highest BCUT2D eigenvalue weighted by atomic mass is 19.3. The quantitative estimate of drug-likeness (QED) is 0.314. The largest absolute Gasteiger partial charge is 0.361 e. The summed E-state index contributed by atoms with van der Waals surface area (Å²) in [6.07, 6.45) is 6.30. The van der Waals surface area contributed by atoms with Crippen LogP contribution in [0.25, 0.3) is 33.3 Å². The van der Waals surface area contributed by atoms with Gasteiger partial charge in [0.25, 0.3) is 0 Å². The third kappa shape index (κ3) is 3.59. The summed E-state index contributed by atoms with van der Waals surface area (Å²) in [5, 5.41) is 7.80. The molecule has 168 valence electrons. The maximum atomic E-state index is 13.5. The first kappa shape index (κ1) is 21.0. The van der Waals surface area contributed by atoms with Crippen LogP contribution in [0, 0.1) is 19.7 Å². The summed E-state index contributed by atoms with van der Waals surface area (Å²) in [7, 11) is 0. The van der Waals surface area contributed by atoms with Crippen LogP contribution in [0.1, 0.15) is 36.5 Å². The predicted octanol–water partition coefficient (Wildman–Crippen LogP) is 6.32. The van der Waals surface area contributed by atoms with Crippen molar-refractivity contribution in [1.29, 1.82) is 0 Å². The molecule has 1 aromatic carbocycles. The van der Waals surface area contributed by atoms with Crippen LogP contribution < -0.4 is 0 Å². The van der Waals surface area contributed by atoms with Crippen molar-refractivity contribution in [3.8, 4) is 22.3 Å². The van der Waals surface area contributed by atoms with Crippen molar-refractivity contribution < 1.29 is 17.7 Å². The van der Waals surface area contributed by atoms with E-state index in [-0.39, 0.29) is 11.9 Å². The summed E-state index contributed by atoms with van der Waals surface area (Å²) >= 11 is 0. The zero-order valence-corrected chi connectivity index (χ0v) is 18.1. The Balaban J connectivity index is 1.72. The minimum atomic E-state index is -2.73. The number of hydrogen-bond donors (Lipinski definition) is 0. The molecule has 0 saturated carbocycles. The van der Waals surface area contributed by atoms with Crippen molar-refractivity contribution in [1.82, 2.24) is 24.5 Å². The topological polar surface area (TPSA) is 61.7 Å². The Labute approximate surface area is 187 Å². The molecule has 6 nitrogen and oxygen atoms in total. The summed E-state index contributed by atoms with van der Waals surface area (Å²) in [6, 6.07) is 8.10. The Morgan fingerprint density at radius 1 is 1.00 bits per heavy atom. The molecule has 0 radical (unpaired) electrons. The summed E-state index contributed by atoms with van der Waals surface area (Å²) in [5.41, 5.74) is 5.98. The summed E-state index contributed by atoms with van der Waals surface area (Å²) in [6.45, 7) is 2.95. The molecule has 0 aliphatic carbocycles. The molecule has 0 aliphatic heterocycles. The second-order valence-electron chi connectivity index (χ2n) is 7.96. The van der Waals surface area contributed by atoms with E-state index in [4.69, 9.17) is 4.52 Å². The third-order valence-electron chi connectivity index (χ3n) is 5.87. The number of aromatic nitrogens is 5. The number of alkyl halides is 2. The Bertz CT molecular complexity index is 1430. The lowest BCUT2D eigenvalue weighted by atomic mass is 10.0. The minimum Gasteiger partial charge on any atom is -0.361 e. The normalized spacial score (nSPS) is 12.7. The van der Waals surface area contributed by atoms with E-state index in [1.165, 1.54) is 24.5 Å². The minimum absolute atomic E-state index is 0.172. The van der Waals surface area contributed by atoms with Crippen LogP contribution in [0.2, 0.25) is 0 Å². The number of fused-ring (bicyclic) bond motifs is 1. The fraction of sp³-hybridized carbons (Fsp3) is 0.208. The SMILES string of the molecule is Cc1noc(C)c1-c1cnc2c(-c3cnn(C(F)F)c3)cn([C@H](C)c3ccc(F)cc3)c2c1. The fourth-order valence-corrected chi connectivity index (χ4v) is 4.18. The second-order valence-corrected chi connectivity index (χ2v) is 7.96. The van der Waals surface area contributed by atoms with Crippen LogP contribution in [0.5, 0.6) is 0 Å². The Morgan fingerprint density at radius 3 is 2.39 bits per heavy atom. The number of rotatable bonds is 5. The molecule has 5 aromatic rings. The molecule has 0 bridgehead atoms. The molecule has 0 amide bonds. The van der Waals surface area contributed by atoms with Gasteiger partial charge in [0.15, 0.2) is 0 Å². The average molecular weight is 451 g/mol. The van der Waals surface area contributed by atoms with Crippen molar-refractivity contribution >= 4 is 11.0 Å². The smallest absolute Gasteiger partial charge is 0.333 e. The number of halogens is 3. The molecule has 0 spiro atoms. The molecule has 4 heterocycles. The van der Waals surface area contributed by atoms with E-state index in [9.17, 15) is 13.2 Å². The van der Waals surface area contributed by atoms with Gasteiger partial charge in [-0.2, -0.15) is 13.9 Å². The highest BCUT2D eigenvalue weighted by Gasteiger charge is 2.21. The van der Waals surface area contributed by atoms with Gasteiger partial charge in [0.2, 0.25) is 0 Å². The lowest BCUT2D eigenvalue weighted by Gasteiger charge is -2.16. The number of benzene rings is 1. The van der Waals surface area contributed by atoms with Crippen molar-refractivity contribution in [3.05, 3.63) is 78.0 Å². The highest BCUT2D eigenvalue weighted by molar-refractivity contribution is 5.95. The van der Waals surface area contributed by atoms with Crippen molar-refractivity contribution in [2.75, 3.05) is 0 Å². The molecule has 33 heavy (non-hydrogen) atoms. The lowest BCUT2D eigenvalue weighted by Crippen LogP contribution is -2.05. The van der Waals surface area contributed by atoms with Gasteiger partial charge in [-0.3, -0.25) is 4.98 Å². The Morgan fingerprint density at radius 2 is 1.76 bits per heavy atom. The summed E-state index contributed by atoms with van der Waals surface area (Å²) < 4.78 is 47.7. The molecule has 0 unspecified atom stereocenters. The van der Waals surface area contributed by atoms with Gasteiger partial charge in [-0.05, 0) is 44.5 Å². The van der Waals surface area contributed by atoms with Crippen molar-refractivity contribution in [3.63, 3.8) is 0 Å². The summed E-state index contributed by atoms with van der Waals surface area (Å²) in [5.74, 6) is 0.363. The zero-order valence-electron chi connectivity index (χ0n) is 18.1. The zero-order chi connectivity index (χ0) is 23.3. The molecule has 0 N–H and O–H groups in total. The predicted molar refractivity (Wildman–Crippen MR) is 117 cm³/mol. The maximum absolute atomic E-state index is 13.5. The number of aryl methyl sites for hydroxylation is 2. The van der Waals surface area contributed by atoms with Crippen LogP contribution in [-0.4, -0.2) is 24.5 Å². The van der Waals surface area contributed by atoms with Gasteiger partial charge in [-0.15, -0.1) is 0 Å². The van der Waals surface area contributed by atoms with Crippen LogP contribution in [0.4, 0.5) is 13.2 Å². The van der Waals surface area contributed by atoms with Gasteiger partial charge >= 0.3 is 6.55 Å². The van der Waals surface area contributed by atoms with E-state index in [0.29, 0.717) is 27.1 Å². The van der Waals surface area contributed by atoms with Gasteiger partial charge in [0.1, 0.15) is 11.6 Å². The molecule has 1 atom stereocenters. The summed E-state index contributed by atoms with van der Waals surface area (Å²) in [4.78, 5) is 4.69. The number of nitrogens with zero attached hydrogens (tertiary/aromatic N) is 5. The molecule has 5 rings (SSSR count). The van der Waals surface area contributed by atoms with E-state index in [0.717, 1.165) is 27.9 Å². The monoisotopic (exact) mass is 451 g/mol. The molecule has 0 fully saturated rings. The van der Waals surface area contributed by atoms with Gasteiger partial charge < -0.3 is 9.09 Å². The maximum Gasteiger partial charge on any atom is 0.333 e. The first-order valence-electron chi connectivity index (χ1n) is 10.4. The molecule has 4 aromatic heterocycles. The molecule has 0 saturated heterocycles. The van der Waals surface area contributed by atoms with Crippen LogP contribution in [0.15, 0.2) is 59.6 Å². The van der Waals surface area contributed by atoms with Gasteiger partial charge in [-0.1, -0.05) is 17.3 Å². The van der Waals surface area contributed by atoms with Crippen LogP contribution in [-0.2, 0) is 0 Å².